The molecule has 3 aromatic rings. The number of aromatic nitrogens is 2. The van der Waals surface area contributed by atoms with Crippen LogP contribution in [0.15, 0.2) is 59.0 Å². The zero-order chi connectivity index (χ0) is 19.7. The van der Waals surface area contributed by atoms with E-state index in [1.807, 2.05) is 30.3 Å². The molecular formula is C20H18N4O4. The van der Waals surface area contributed by atoms with Gasteiger partial charge in [-0.05, 0) is 36.8 Å². The second-order valence-electron chi connectivity index (χ2n) is 6.54. The molecular weight excluding hydrogens is 360 g/mol. The lowest BCUT2D eigenvalue weighted by molar-refractivity contribution is -0.131. The Labute approximate surface area is 161 Å². The monoisotopic (exact) mass is 378 g/mol. The smallest absolute Gasteiger partial charge is 0.325 e. The molecule has 1 aliphatic heterocycles. The van der Waals surface area contributed by atoms with E-state index in [-0.39, 0.29) is 18.3 Å². The van der Waals surface area contributed by atoms with Crippen LogP contribution < -0.4 is 10.1 Å². The Hall–Kier alpha value is -3.68. The molecule has 1 fully saturated rings. The zero-order valence-corrected chi connectivity index (χ0v) is 15.4. The lowest BCUT2D eigenvalue weighted by Crippen LogP contribution is -2.40. The summed E-state index contributed by atoms with van der Waals surface area (Å²) >= 11 is 0. The molecule has 8 nitrogen and oxygen atoms in total. The van der Waals surface area contributed by atoms with E-state index in [2.05, 4.69) is 15.5 Å². The van der Waals surface area contributed by atoms with E-state index in [1.165, 1.54) is 0 Å². The quantitative estimate of drug-likeness (QED) is 0.686. The summed E-state index contributed by atoms with van der Waals surface area (Å²) in [5, 5.41) is 10.7. The largest absolute Gasteiger partial charge is 0.497 e. The van der Waals surface area contributed by atoms with Gasteiger partial charge in [-0.1, -0.05) is 30.3 Å². The van der Waals surface area contributed by atoms with Crippen molar-refractivity contribution in [1.29, 1.82) is 0 Å². The summed E-state index contributed by atoms with van der Waals surface area (Å²) in [5.74, 6) is 0.796. The minimum atomic E-state index is -1.17. The van der Waals surface area contributed by atoms with Crippen LogP contribution in [0.2, 0.25) is 0 Å². The number of methoxy groups -OCH3 is 1. The van der Waals surface area contributed by atoms with Crippen LogP contribution in [0.25, 0.3) is 11.5 Å². The molecule has 28 heavy (non-hydrogen) atoms. The standard InChI is InChI=1S/C20H18N4O4/c1-20(14-8-10-15(27-2)11-9-14)18(25)24(19(26)21-20)12-16-22-23-17(28-16)13-6-4-3-5-7-13/h3-11H,12H2,1-2H3,(H,21,26). The van der Waals surface area contributed by atoms with E-state index < -0.39 is 11.6 Å². The molecule has 142 valence electrons. The number of urea groups is 1. The average Bonchev–Trinajstić information content (AvgIpc) is 3.28. The van der Waals surface area contributed by atoms with Gasteiger partial charge in [0.1, 0.15) is 17.8 Å². The third-order valence-electron chi connectivity index (χ3n) is 4.72. The number of benzene rings is 2. The maximum Gasteiger partial charge on any atom is 0.325 e. The van der Waals surface area contributed by atoms with Crippen molar-refractivity contribution < 1.29 is 18.7 Å². The van der Waals surface area contributed by atoms with Crippen molar-refractivity contribution in [2.75, 3.05) is 7.11 Å². The molecule has 3 amide bonds. The van der Waals surface area contributed by atoms with E-state index >= 15 is 0 Å². The molecule has 0 radical (unpaired) electrons. The Kier molecular flexibility index (Phi) is 4.31. The van der Waals surface area contributed by atoms with Crippen LogP contribution in [0.3, 0.4) is 0 Å². The SMILES string of the molecule is COc1ccc(C2(C)NC(=O)N(Cc3nnc(-c4ccccc4)o3)C2=O)cc1. The first kappa shape index (κ1) is 17.7. The topological polar surface area (TPSA) is 97.6 Å². The first-order valence-electron chi connectivity index (χ1n) is 8.68. The summed E-state index contributed by atoms with van der Waals surface area (Å²) in [7, 11) is 1.56. The van der Waals surface area contributed by atoms with Gasteiger partial charge in [0.05, 0.1) is 7.11 Å². The van der Waals surface area contributed by atoms with Gasteiger partial charge < -0.3 is 14.5 Å². The van der Waals surface area contributed by atoms with E-state index in [0.29, 0.717) is 17.2 Å². The molecule has 2 heterocycles. The van der Waals surface area contributed by atoms with Gasteiger partial charge in [-0.25, -0.2) is 4.79 Å². The van der Waals surface area contributed by atoms with Crippen molar-refractivity contribution in [3.05, 3.63) is 66.1 Å². The second-order valence-corrected chi connectivity index (χ2v) is 6.54. The van der Waals surface area contributed by atoms with Crippen LogP contribution in [0.4, 0.5) is 4.79 Å². The number of rotatable bonds is 5. The summed E-state index contributed by atoms with van der Waals surface area (Å²) in [6, 6.07) is 15.8. The minimum absolute atomic E-state index is 0.101. The summed E-state index contributed by atoms with van der Waals surface area (Å²) in [4.78, 5) is 26.5. The fourth-order valence-electron chi connectivity index (χ4n) is 3.11. The molecule has 1 aromatic heterocycles. The van der Waals surface area contributed by atoms with Crippen LogP contribution in [0.1, 0.15) is 18.4 Å². The lowest BCUT2D eigenvalue weighted by atomic mass is 9.92. The fraction of sp³-hybridized carbons (Fsp3) is 0.200. The number of carbonyl (C=O) groups is 2. The highest BCUT2D eigenvalue weighted by molar-refractivity contribution is 6.07. The highest BCUT2D eigenvalue weighted by Crippen LogP contribution is 2.31. The highest BCUT2D eigenvalue weighted by atomic mass is 16.5. The Morgan fingerprint density at radius 2 is 1.79 bits per heavy atom. The molecule has 0 aliphatic carbocycles. The van der Waals surface area contributed by atoms with Gasteiger partial charge in [0.2, 0.25) is 11.8 Å². The lowest BCUT2D eigenvalue weighted by Gasteiger charge is -2.22. The first-order valence-corrected chi connectivity index (χ1v) is 8.68. The normalized spacial score (nSPS) is 19.0. The number of imide groups is 1. The van der Waals surface area contributed by atoms with E-state index in [4.69, 9.17) is 9.15 Å². The third kappa shape index (κ3) is 2.98. The molecule has 0 spiro atoms. The summed E-state index contributed by atoms with van der Waals surface area (Å²) in [6.45, 7) is 1.56. The Morgan fingerprint density at radius 3 is 2.46 bits per heavy atom. The van der Waals surface area contributed by atoms with Crippen molar-refractivity contribution in [2.45, 2.75) is 19.0 Å². The Bertz CT molecular complexity index is 1020. The Balaban J connectivity index is 1.55. The number of hydrogen-bond donors (Lipinski definition) is 1. The van der Waals surface area contributed by atoms with Gasteiger partial charge in [0.15, 0.2) is 0 Å². The van der Waals surface area contributed by atoms with Gasteiger partial charge in [-0.2, -0.15) is 0 Å². The molecule has 0 bridgehead atoms. The predicted octanol–water partition coefficient (Wildman–Crippen LogP) is 2.71. The van der Waals surface area contributed by atoms with Crippen LogP contribution in [0, 0.1) is 0 Å². The van der Waals surface area contributed by atoms with Gasteiger partial charge in [0.25, 0.3) is 5.91 Å². The van der Waals surface area contributed by atoms with Crippen molar-refractivity contribution in [1.82, 2.24) is 20.4 Å². The van der Waals surface area contributed by atoms with Crippen molar-refractivity contribution >= 4 is 11.9 Å². The molecule has 1 aliphatic rings. The molecule has 8 heteroatoms. The molecule has 1 atom stereocenters. The van der Waals surface area contributed by atoms with Crippen molar-refractivity contribution in [3.63, 3.8) is 0 Å². The predicted molar refractivity (Wildman–Crippen MR) is 99.2 cm³/mol. The fourth-order valence-corrected chi connectivity index (χ4v) is 3.11. The van der Waals surface area contributed by atoms with Crippen molar-refractivity contribution in [2.24, 2.45) is 0 Å². The molecule has 1 N–H and O–H groups in total. The summed E-state index contributed by atoms with van der Waals surface area (Å²) in [5.41, 5.74) is 0.247. The number of carbonyl (C=O) groups excluding carboxylic acids is 2. The molecule has 4 rings (SSSR count). The minimum Gasteiger partial charge on any atom is -0.497 e. The first-order chi connectivity index (χ1) is 13.5. The molecule has 0 saturated carbocycles. The molecule has 2 aromatic carbocycles. The second kappa shape index (κ2) is 6.80. The van der Waals surface area contributed by atoms with E-state index in [1.54, 1.807) is 38.3 Å². The number of hydrogen-bond acceptors (Lipinski definition) is 6. The highest BCUT2D eigenvalue weighted by Gasteiger charge is 2.49. The van der Waals surface area contributed by atoms with Crippen LogP contribution in [-0.2, 0) is 16.9 Å². The summed E-state index contributed by atoms with van der Waals surface area (Å²) in [6.07, 6.45) is 0. The number of ether oxygens (including phenoxy) is 1. The van der Waals surface area contributed by atoms with Crippen LogP contribution in [-0.4, -0.2) is 34.1 Å². The van der Waals surface area contributed by atoms with Crippen molar-refractivity contribution in [3.8, 4) is 17.2 Å². The summed E-state index contributed by atoms with van der Waals surface area (Å²) < 4.78 is 10.8. The van der Waals surface area contributed by atoms with Gasteiger partial charge >= 0.3 is 6.03 Å². The van der Waals surface area contributed by atoms with Crippen LogP contribution in [0.5, 0.6) is 5.75 Å². The number of amides is 3. The zero-order valence-electron chi connectivity index (χ0n) is 15.4. The van der Waals surface area contributed by atoms with Gasteiger partial charge in [-0.15, -0.1) is 10.2 Å². The number of nitrogens with one attached hydrogen (secondary N) is 1. The third-order valence-corrected chi connectivity index (χ3v) is 4.72. The Morgan fingerprint density at radius 1 is 1.07 bits per heavy atom. The van der Waals surface area contributed by atoms with E-state index in [9.17, 15) is 9.59 Å². The molecule has 1 saturated heterocycles. The number of nitrogens with zero attached hydrogens (tertiary/aromatic N) is 3. The average molecular weight is 378 g/mol. The van der Waals surface area contributed by atoms with Gasteiger partial charge in [0, 0.05) is 5.56 Å². The van der Waals surface area contributed by atoms with E-state index in [0.717, 1.165) is 10.5 Å². The van der Waals surface area contributed by atoms with Crippen LogP contribution >= 0.6 is 0 Å². The van der Waals surface area contributed by atoms with Gasteiger partial charge in [-0.3, -0.25) is 9.69 Å². The maximum atomic E-state index is 13.0. The maximum absolute atomic E-state index is 13.0. The molecule has 1 unspecified atom stereocenters.